The van der Waals surface area contributed by atoms with E-state index in [0.717, 1.165) is 84.9 Å². The van der Waals surface area contributed by atoms with Gasteiger partial charge in [0.25, 0.3) is 0 Å². The van der Waals surface area contributed by atoms with Crippen LogP contribution in [0, 0.1) is 12.8 Å². The Morgan fingerprint density at radius 2 is 1.77 bits per heavy atom. The van der Waals surface area contributed by atoms with Gasteiger partial charge >= 0.3 is 0 Å². The van der Waals surface area contributed by atoms with Crippen molar-refractivity contribution >= 4 is 16.9 Å². The molecule has 7 nitrogen and oxygen atoms in total. The molecule has 1 aromatic carbocycles. The maximum atomic E-state index is 12.3. The van der Waals surface area contributed by atoms with Crippen LogP contribution in [0.1, 0.15) is 35.6 Å². The number of aromatic amines is 1. The SMILES string of the molecule is Cc1cc(-c2ccc3nc(Cc4cc(CN5CCN(C(=O)C6CC6)CC5)ccn4)[nH]c3c2)ccn1. The van der Waals surface area contributed by atoms with Crippen LogP contribution in [0.2, 0.25) is 0 Å². The van der Waals surface area contributed by atoms with Crippen molar-refractivity contribution < 1.29 is 4.79 Å². The molecule has 178 valence electrons. The van der Waals surface area contributed by atoms with Gasteiger partial charge in [0.05, 0.1) is 11.0 Å². The number of nitrogens with zero attached hydrogens (tertiary/aromatic N) is 5. The third kappa shape index (κ3) is 4.95. The van der Waals surface area contributed by atoms with Crippen molar-refractivity contribution in [1.29, 1.82) is 0 Å². The number of amides is 1. The number of hydrogen-bond acceptors (Lipinski definition) is 5. The second-order valence-electron chi connectivity index (χ2n) is 9.81. The summed E-state index contributed by atoms with van der Waals surface area (Å²) in [5.74, 6) is 1.60. The normalized spacial score (nSPS) is 16.7. The number of carbonyl (C=O) groups is 1. The molecule has 4 heterocycles. The number of fused-ring (bicyclic) bond motifs is 1. The Hall–Kier alpha value is -3.58. The molecule has 1 aliphatic carbocycles. The van der Waals surface area contributed by atoms with Crippen molar-refractivity contribution in [3.05, 3.63) is 77.6 Å². The van der Waals surface area contributed by atoms with Gasteiger partial charge in [-0.3, -0.25) is 19.7 Å². The highest BCUT2D eigenvalue weighted by molar-refractivity contribution is 5.82. The lowest BCUT2D eigenvalue weighted by Crippen LogP contribution is -2.48. The second-order valence-corrected chi connectivity index (χ2v) is 9.81. The third-order valence-electron chi connectivity index (χ3n) is 7.01. The predicted octanol–water partition coefficient (Wildman–Crippen LogP) is 3.97. The smallest absolute Gasteiger partial charge is 0.225 e. The van der Waals surface area contributed by atoms with Gasteiger partial charge in [-0.05, 0) is 72.9 Å². The molecule has 0 unspecified atom stereocenters. The minimum Gasteiger partial charge on any atom is -0.342 e. The van der Waals surface area contributed by atoms with Gasteiger partial charge in [0.15, 0.2) is 0 Å². The van der Waals surface area contributed by atoms with Gasteiger partial charge < -0.3 is 9.88 Å². The summed E-state index contributed by atoms with van der Waals surface area (Å²) in [4.78, 5) is 34.0. The Bertz CT molecular complexity index is 1370. The molecule has 0 radical (unpaired) electrons. The molecule has 3 aromatic heterocycles. The Balaban J connectivity index is 1.11. The lowest BCUT2D eigenvalue weighted by atomic mass is 10.1. The third-order valence-corrected chi connectivity index (χ3v) is 7.01. The van der Waals surface area contributed by atoms with Crippen molar-refractivity contribution in [3.63, 3.8) is 0 Å². The van der Waals surface area contributed by atoms with E-state index in [0.29, 0.717) is 18.2 Å². The van der Waals surface area contributed by atoms with Crippen molar-refractivity contribution in [3.8, 4) is 11.1 Å². The van der Waals surface area contributed by atoms with Crippen LogP contribution in [0.15, 0.2) is 54.9 Å². The van der Waals surface area contributed by atoms with Crippen molar-refractivity contribution in [1.82, 2.24) is 29.7 Å². The molecule has 2 aliphatic rings. The summed E-state index contributed by atoms with van der Waals surface area (Å²) >= 11 is 0. The number of carbonyl (C=O) groups excluding carboxylic acids is 1. The van der Waals surface area contributed by atoms with Gasteiger partial charge in [0.2, 0.25) is 5.91 Å². The van der Waals surface area contributed by atoms with Crippen molar-refractivity contribution in [2.24, 2.45) is 5.92 Å². The van der Waals surface area contributed by atoms with E-state index in [1.165, 1.54) is 5.56 Å². The predicted molar refractivity (Wildman–Crippen MR) is 136 cm³/mol. The van der Waals surface area contributed by atoms with E-state index in [2.05, 4.69) is 61.1 Å². The van der Waals surface area contributed by atoms with E-state index < -0.39 is 0 Å². The van der Waals surface area contributed by atoms with E-state index in [1.807, 2.05) is 25.4 Å². The number of aryl methyl sites for hydroxylation is 1. The number of benzene rings is 1. The summed E-state index contributed by atoms with van der Waals surface area (Å²) in [7, 11) is 0. The molecule has 35 heavy (non-hydrogen) atoms. The number of H-pyrrole nitrogens is 1. The van der Waals surface area contributed by atoms with Crippen LogP contribution in [0.4, 0.5) is 0 Å². The van der Waals surface area contributed by atoms with Gasteiger partial charge in [0.1, 0.15) is 5.82 Å². The molecule has 4 aromatic rings. The first-order valence-electron chi connectivity index (χ1n) is 12.5. The maximum absolute atomic E-state index is 12.3. The van der Waals surface area contributed by atoms with E-state index in [4.69, 9.17) is 4.98 Å². The fourth-order valence-electron chi connectivity index (χ4n) is 4.92. The topological polar surface area (TPSA) is 78.0 Å². The van der Waals surface area contributed by atoms with Crippen LogP contribution >= 0.6 is 0 Å². The van der Waals surface area contributed by atoms with Gasteiger partial charge in [-0.15, -0.1) is 0 Å². The first-order valence-corrected chi connectivity index (χ1v) is 12.5. The molecule has 1 aliphatic heterocycles. The van der Waals surface area contributed by atoms with E-state index >= 15 is 0 Å². The summed E-state index contributed by atoms with van der Waals surface area (Å²) in [6.07, 6.45) is 6.56. The zero-order valence-electron chi connectivity index (χ0n) is 20.1. The monoisotopic (exact) mass is 466 g/mol. The Labute approximate surface area is 205 Å². The molecule has 6 rings (SSSR count). The number of rotatable bonds is 6. The van der Waals surface area contributed by atoms with Gasteiger partial charge in [0, 0.05) is 68.8 Å². The molecule has 0 atom stereocenters. The molecule has 7 heteroatoms. The summed E-state index contributed by atoms with van der Waals surface area (Å²) in [6, 6.07) is 14.7. The van der Waals surface area contributed by atoms with E-state index in [-0.39, 0.29) is 0 Å². The number of nitrogens with one attached hydrogen (secondary N) is 1. The number of imidazole rings is 1. The number of aromatic nitrogens is 4. The maximum Gasteiger partial charge on any atom is 0.225 e. The minimum atomic E-state index is 0.314. The Kier molecular flexibility index (Phi) is 5.78. The molecule has 0 bridgehead atoms. The highest BCUT2D eigenvalue weighted by Crippen LogP contribution is 2.31. The summed E-state index contributed by atoms with van der Waals surface area (Å²) < 4.78 is 0. The standard InChI is InChI=1S/C28H30N6O/c1-19-14-23(7-9-29-19)22-4-5-25-26(16-22)32-27(31-25)17-24-15-20(6-8-30-24)18-33-10-12-34(13-11-33)28(35)21-2-3-21/h4-9,14-16,21H,2-3,10-13,17-18H2,1H3,(H,31,32). The van der Waals surface area contributed by atoms with Gasteiger partial charge in [-0.1, -0.05) is 6.07 Å². The number of hydrogen-bond donors (Lipinski definition) is 1. The molecule has 0 spiro atoms. The van der Waals surface area contributed by atoms with Crippen LogP contribution in [-0.2, 0) is 17.8 Å². The quantitative estimate of drug-likeness (QED) is 0.465. The Morgan fingerprint density at radius 1 is 0.971 bits per heavy atom. The molecular weight excluding hydrogens is 436 g/mol. The first-order chi connectivity index (χ1) is 17.1. The van der Waals surface area contributed by atoms with Crippen LogP contribution in [-0.4, -0.2) is 61.8 Å². The lowest BCUT2D eigenvalue weighted by Gasteiger charge is -2.35. The minimum absolute atomic E-state index is 0.314. The number of pyridine rings is 2. The molecule has 1 saturated carbocycles. The highest BCUT2D eigenvalue weighted by atomic mass is 16.2. The molecular formula is C28H30N6O. The summed E-state index contributed by atoms with van der Waals surface area (Å²) in [6.45, 7) is 6.43. The lowest BCUT2D eigenvalue weighted by molar-refractivity contribution is -0.134. The van der Waals surface area contributed by atoms with E-state index in [9.17, 15) is 4.79 Å². The summed E-state index contributed by atoms with van der Waals surface area (Å²) in [5.41, 5.74) is 7.57. The average molecular weight is 467 g/mol. The fraction of sp³-hybridized carbons (Fsp3) is 0.357. The van der Waals surface area contributed by atoms with Crippen LogP contribution in [0.25, 0.3) is 22.2 Å². The number of piperazine rings is 1. The molecule has 2 fully saturated rings. The molecule has 1 N–H and O–H groups in total. The largest absolute Gasteiger partial charge is 0.342 e. The first kappa shape index (κ1) is 21.9. The van der Waals surface area contributed by atoms with Gasteiger partial charge in [-0.25, -0.2) is 4.98 Å². The van der Waals surface area contributed by atoms with Gasteiger partial charge in [-0.2, -0.15) is 0 Å². The molecule has 1 amide bonds. The fourth-order valence-corrected chi connectivity index (χ4v) is 4.92. The van der Waals surface area contributed by atoms with E-state index in [1.54, 1.807) is 0 Å². The second kappa shape index (κ2) is 9.23. The van der Waals surface area contributed by atoms with Crippen LogP contribution < -0.4 is 0 Å². The Morgan fingerprint density at radius 3 is 2.57 bits per heavy atom. The van der Waals surface area contributed by atoms with Crippen molar-refractivity contribution in [2.45, 2.75) is 32.7 Å². The molecule has 1 saturated heterocycles. The highest BCUT2D eigenvalue weighted by Gasteiger charge is 2.34. The zero-order valence-corrected chi connectivity index (χ0v) is 20.1. The van der Waals surface area contributed by atoms with Crippen molar-refractivity contribution in [2.75, 3.05) is 26.2 Å². The summed E-state index contributed by atoms with van der Waals surface area (Å²) in [5, 5.41) is 0. The van der Waals surface area contributed by atoms with Crippen LogP contribution in [0.3, 0.4) is 0 Å². The average Bonchev–Trinajstić information content (AvgIpc) is 3.64. The zero-order chi connectivity index (χ0) is 23.8. The van der Waals surface area contributed by atoms with Crippen LogP contribution in [0.5, 0.6) is 0 Å².